The summed E-state index contributed by atoms with van der Waals surface area (Å²) >= 11 is 0. The first kappa shape index (κ1) is 90.2. The molecule has 0 bridgehead atoms. The topological polar surface area (TPSA) is 108 Å². The molecule has 0 aromatic heterocycles. The third kappa shape index (κ3) is 76.5. The molecule has 0 aliphatic rings. The molecule has 0 saturated heterocycles. The molecule has 2 unspecified atom stereocenters. The molecular weight excluding hydrogens is 1150 g/mol. The number of carboxylic acids is 1. The van der Waals surface area contributed by atoms with E-state index in [2.05, 4.69) is 62.5 Å². The largest absolute Gasteiger partial charge is 0.477 e. The molecule has 0 aliphatic heterocycles. The van der Waals surface area contributed by atoms with Crippen molar-refractivity contribution < 1.29 is 42.9 Å². The number of ether oxygens (including phenoxy) is 4. The molecule has 0 fully saturated rings. The van der Waals surface area contributed by atoms with Gasteiger partial charge in [0.05, 0.1) is 34.4 Å². The van der Waals surface area contributed by atoms with Gasteiger partial charge in [0.15, 0.2) is 6.10 Å². The number of aliphatic carboxylic acids is 1. The van der Waals surface area contributed by atoms with E-state index < -0.39 is 18.4 Å². The second-order valence-corrected chi connectivity index (χ2v) is 29.1. The molecular formula is C84H158NO8+. The number of hydrogen-bond acceptors (Lipinski definition) is 7. The van der Waals surface area contributed by atoms with E-state index in [0.717, 1.165) is 64.2 Å². The number of quaternary nitrogens is 1. The number of carbonyl (C=O) groups excluding carboxylic acids is 2. The number of unbranched alkanes of at least 4 members (excludes halogenated alkanes) is 54. The van der Waals surface area contributed by atoms with Crippen LogP contribution >= 0.6 is 0 Å². The summed E-state index contributed by atoms with van der Waals surface area (Å²) in [7, 11) is 6.00. The van der Waals surface area contributed by atoms with E-state index in [4.69, 9.17) is 18.9 Å². The summed E-state index contributed by atoms with van der Waals surface area (Å²) in [6.45, 7) is 4.84. The van der Waals surface area contributed by atoms with Crippen LogP contribution in [-0.2, 0) is 33.3 Å². The van der Waals surface area contributed by atoms with Crippen LogP contribution in [-0.4, -0.2) is 87.4 Å². The second kappa shape index (κ2) is 75.0. The van der Waals surface area contributed by atoms with E-state index >= 15 is 0 Å². The number of esters is 2. The number of hydrogen-bond donors (Lipinski definition) is 1. The van der Waals surface area contributed by atoms with Crippen molar-refractivity contribution in [3.63, 3.8) is 0 Å². The third-order valence-electron chi connectivity index (χ3n) is 18.6. The van der Waals surface area contributed by atoms with Crippen LogP contribution in [0.2, 0.25) is 0 Å². The average Bonchev–Trinajstić information content (AvgIpc) is 3.74. The molecule has 0 aromatic carbocycles. The molecule has 0 rings (SSSR count). The Hall–Kier alpha value is -2.75. The number of allylic oxidation sites excluding steroid dienone is 8. The monoisotopic (exact) mass is 1310 g/mol. The zero-order chi connectivity index (χ0) is 67.5. The average molecular weight is 1310 g/mol. The van der Waals surface area contributed by atoms with Gasteiger partial charge in [0.25, 0.3) is 6.29 Å². The minimum Gasteiger partial charge on any atom is -0.477 e. The van der Waals surface area contributed by atoms with E-state index in [1.807, 2.05) is 21.1 Å². The summed E-state index contributed by atoms with van der Waals surface area (Å²) in [6, 6.07) is 0. The van der Waals surface area contributed by atoms with E-state index in [9.17, 15) is 19.5 Å². The van der Waals surface area contributed by atoms with Crippen molar-refractivity contribution in [2.75, 3.05) is 47.5 Å². The van der Waals surface area contributed by atoms with Crippen molar-refractivity contribution >= 4 is 17.9 Å². The van der Waals surface area contributed by atoms with Gasteiger partial charge in [0.1, 0.15) is 13.2 Å². The Labute approximate surface area is 578 Å². The molecule has 0 saturated carbocycles. The Morgan fingerprint density at radius 1 is 0.333 bits per heavy atom. The van der Waals surface area contributed by atoms with Crippen molar-refractivity contribution in [2.24, 2.45) is 0 Å². The van der Waals surface area contributed by atoms with Gasteiger partial charge in [-0.1, -0.05) is 396 Å². The fraction of sp³-hybridized carbons (Fsp3) is 0.869. The normalized spacial score (nSPS) is 12.8. The Kier molecular flexibility index (Phi) is 72.8. The van der Waals surface area contributed by atoms with Gasteiger partial charge in [-0.2, -0.15) is 0 Å². The van der Waals surface area contributed by atoms with E-state index in [1.54, 1.807) is 0 Å². The maximum atomic E-state index is 13.0. The minimum absolute atomic E-state index is 0.177. The maximum absolute atomic E-state index is 13.0. The highest BCUT2D eigenvalue weighted by Crippen LogP contribution is 2.20. The standard InChI is InChI=1S/C84H157NO8/c1-6-8-10-12-14-16-18-20-22-24-26-28-30-32-34-36-37-38-39-40-41-42-43-44-45-47-48-50-52-54-56-58-60-62-64-66-68-70-72-74-81(86)91-78-80(79-92-84(83(88)89)90-77-76-85(3,4)5)93-82(87)75-73-71-69-67-65-63-61-59-57-55-53-51-49-46-35-33-31-29-27-25-23-21-19-17-15-13-11-9-7-2/h9,11,15,17,21,23,27,29,80,84H,6-8,10,12-14,16,18-20,22,24-26,28,30-79H2,1-5H3/p+1/b11-9-,17-15-,23-21-,29-27-. The van der Waals surface area contributed by atoms with Crippen LogP contribution < -0.4 is 0 Å². The van der Waals surface area contributed by atoms with Crippen LogP contribution in [0.4, 0.5) is 0 Å². The molecule has 0 radical (unpaired) electrons. The summed E-state index contributed by atoms with van der Waals surface area (Å²) in [4.78, 5) is 37.7. The minimum atomic E-state index is -1.51. The van der Waals surface area contributed by atoms with Crippen LogP contribution in [0, 0.1) is 0 Å². The van der Waals surface area contributed by atoms with Crippen molar-refractivity contribution in [3.05, 3.63) is 48.6 Å². The maximum Gasteiger partial charge on any atom is 0.361 e. The zero-order valence-corrected chi connectivity index (χ0v) is 62.7. The van der Waals surface area contributed by atoms with Crippen LogP contribution in [0.1, 0.15) is 412 Å². The molecule has 0 aromatic rings. The Balaban J connectivity index is 3.93. The SMILES string of the molecule is CC/C=C\C/C=C\C/C=C\C/C=C\CCCCCCCCCCCCCCCCCCC(=O)OC(COC(=O)CCCCCCCCCCCCCCCCCCCCCCCCCCCCCCCCCCCCCCCCC)COC(OCC[N+](C)(C)C)C(=O)O. The lowest BCUT2D eigenvalue weighted by Gasteiger charge is -2.25. The second-order valence-electron chi connectivity index (χ2n) is 29.1. The highest BCUT2D eigenvalue weighted by molar-refractivity contribution is 5.71. The lowest BCUT2D eigenvalue weighted by atomic mass is 10.0. The highest BCUT2D eigenvalue weighted by atomic mass is 16.7. The molecule has 93 heavy (non-hydrogen) atoms. The Morgan fingerprint density at radius 3 is 0.914 bits per heavy atom. The quantitative estimate of drug-likeness (QED) is 0.0211. The third-order valence-corrected chi connectivity index (χ3v) is 18.6. The van der Waals surface area contributed by atoms with Gasteiger partial charge in [-0.25, -0.2) is 4.79 Å². The van der Waals surface area contributed by atoms with E-state index in [1.165, 1.54) is 321 Å². The van der Waals surface area contributed by atoms with Gasteiger partial charge >= 0.3 is 17.9 Å². The van der Waals surface area contributed by atoms with E-state index in [0.29, 0.717) is 17.4 Å². The fourth-order valence-electron chi connectivity index (χ4n) is 12.4. The predicted molar refractivity (Wildman–Crippen MR) is 401 cm³/mol. The zero-order valence-electron chi connectivity index (χ0n) is 62.7. The van der Waals surface area contributed by atoms with E-state index in [-0.39, 0.29) is 38.2 Å². The molecule has 0 spiro atoms. The first-order valence-corrected chi connectivity index (χ1v) is 40.8. The number of carbonyl (C=O) groups is 3. The first-order chi connectivity index (χ1) is 45.6. The number of carboxylic acid groups (broad SMARTS) is 1. The van der Waals surface area contributed by atoms with Gasteiger partial charge in [-0.3, -0.25) is 9.59 Å². The number of nitrogens with zero attached hydrogens (tertiary/aromatic N) is 1. The van der Waals surface area contributed by atoms with Crippen molar-refractivity contribution in [2.45, 2.75) is 424 Å². The van der Waals surface area contributed by atoms with Gasteiger partial charge in [-0.05, 0) is 51.4 Å². The highest BCUT2D eigenvalue weighted by Gasteiger charge is 2.25. The fourth-order valence-corrected chi connectivity index (χ4v) is 12.4. The van der Waals surface area contributed by atoms with Gasteiger partial charge in [0.2, 0.25) is 0 Å². The number of rotatable bonds is 77. The van der Waals surface area contributed by atoms with Crippen LogP contribution in [0.15, 0.2) is 48.6 Å². The lowest BCUT2D eigenvalue weighted by Crippen LogP contribution is -2.40. The molecule has 9 heteroatoms. The molecule has 546 valence electrons. The van der Waals surface area contributed by atoms with Crippen molar-refractivity contribution in [1.29, 1.82) is 0 Å². The molecule has 0 heterocycles. The van der Waals surface area contributed by atoms with Crippen molar-refractivity contribution in [1.82, 2.24) is 0 Å². The molecule has 9 nitrogen and oxygen atoms in total. The molecule has 0 aliphatic carbocycles. The summed E-state index contributed by atoms with van der Waals surface area (Å²) in [6.07, 6.45) is 95.7. The smallest absolute Gasteiger partial charge is 0.361 e. The van der Waals surface area contributed by atoms with Gasteiger partial charge < -0.3 is 28.5 Å². The summed E-state index contributed by atoms with van der Waals surface area (Å²) in [5.41, 5.74) is 0. The Bertz CT molecular complexity index is 1670. The molecule has 1 N–H and O–H groups in total. The van der Waals surface area contributed by atoms with Gasteiger partial charge in [0, 0.05) is 12.8 Å². The summed E-state index contributed by atoms with van der Waals surface area (Å²) < 4.78 is 23.1. The van der Waals surface area contributed by atoms with Crippen LogP contribution in [0.3, 0.4) is 0 Å². The Morgan fingerprint density at radius 2 is 0.613 bits per heavy atom. The summed E-state index contributed by atoms with van der Waals surface area (Å²) in [5.74, 6) is -1.98. The molecule has 0 amide bonds. The number of likely N-dealkylation sites (N-methyl/N-ethyl adjacent to an activating group) is 1. The van der Waals surface area contributed by atoms with Gasteiger partial charge in [-0.15, -0.1) is 0 Å². The summed E-state index contributed by atoms with van der Waals surface area (Å²) in [5, 5.41) is 9.77. The van der Waals surface area contributed by atoms with Crippen LogP contribution in [0.5, 0.6) is 0 Å². The first-order valence-electron chi connectivity index (χ1n) is 40.8. The lowest BCUT2D eigenvalue weighted by molar-refractivity contribution is -0.870. The predicted octanol–water partition coefficient (Wildman–Crippen LogP) is 26.0. The van der Waals surface area contributed by atoms with Crippen molar-refractivity contribution in [3.8, 4) is 0 Å². The molecule has 2 atom stereocenters. The van der Waals surface area contributed by atoms with Crippen LogP contribution in [0.25, 0.3) is 0 Å².